The molecule has 0 saturated carbocycles. The summed E-state index contributed by atoms with van der Waals surface area (Å²) in [6.07, 6.45) is 4.16. The molecule has 0 aromatic heterocycles. The van der Waals surface area contributed by atoms with Crippen molar-refractivity contribution in [3.8, 4) is 0 Å². The summed E-state index contributed by atoms with van der Waals surface area (Å²) in [5, 5.41) is 6.43. The van der Waals surface area contributed by atoms with Gasteiger partial charge in [0.2, 0.25) is 5.91 Å². The van der Waals surface area contributed by atoms with Crippen LogP contribution in [0.4, 0.5) is 0 Å². The lowest BCUT2D eigenvalue weighted by Crippen LogP contribution is -2.31. The van der Waals surface area contributed by atoms with E-state index in [1.165, 1.54) is 24.0 Å². The van der Waals surface area contributed by atoms with E-state index in [-0.39, 0.29) is 5.91 Å². The first kappa shape index (κ1) is 16.0. The molecule has 1 amide bonds. The Bertz CT molecular complexity index is 433. The van der Waals surface area contributed by atoms with Crippen LogP contribution in [0.15, 0.2) is 24.3 Å². The molecule has 1 atom stereocenters. The number of benzene rings is 1. The average Bonchev–Trinajstić information content (AvgIpc) is 2.52. The van der Waals surface area contributed by atoms with Gasteiger partial charge in [-0.05, 0) is 55.3 Å². The predicted octanol–water partition coefficient (Wildman–Crippen LogP) is 3.21. The molecule has 1 aromatic rings. The Morgan fingerprint density at radius 2 is 2.10 bits per heavy atom. The van der Waals surface area contributed by atoms with Crippen LogP contribution in [-0.2, 0) is 11.3 Å². The highest BCUT2D eigenvalue weighted by Gasteiger charge is 2.14. The van der Waals surface area contributed by atoms with Gasteiger partial charge in [-0.3, -0.25) is 4.79 Å². The highest BCUT2D eigenvalue weighted by Crippen LogP contribution is 2.16. The number of carbonyl (C=O) groups excluding carboxylic acids is 1. The molecule has 1 aromatic carbocycles. The zero-order valence-electron chi connectivity index (χ0n) is 13.3. The van der Waals surface area contributed by atoms with Gasteiger partial charge < -0.3 is 10.6 Å². The average molecular weight is 288 g/mol. The van der Waals surface area contributed by atoms with Crippen LogP contribution in [0.1, 0.15) is 56.6 Å². The van der Waals surface area contributed by atoms with Crippen molar-refractivity contribution in [2.24, 2.45) is 5.92 Å². The van der Waals surface area contributed by atoms with Crippen molar-refractivity contribution < 1.29 is 4.79 Å². The minimum Gasteiger partial charge on any atom is -0.352 e. The van der Waals surface area contributed by atoms with Crippen LogP contribution in [-0.4, -0.2) is 19.0 Å². The fourth-order valence-corrected chi connectivity index (χ4v) is 2.82. The molecule has 1 aliphatic rings. The number of hydrogen-bond donors (Lipinski definition) is 2. The minimum absolute atomic E-state index is 0.175. The summed E-state index contributed by atoms with van der Waals surface area (Å²) in [6.45, 7) is 7.23. The lowest BCUT2D eigenvalue weighted by atomic mass is 9.94. The zero-order valence-corrected chi connectivity index (χ0v) is 13.3. The van der Waals surface area contributed by atoms with Gasteiger partial charge in [0.15, 0.2) is 0 Å². The smallest absolute Gasteiger partial charge is 0.220 e. The molecule has 1 aliphatic heterocycles. The third-order valence-corrected chi connectivity index (χ3v) is 4.31. The standard InChI is InChI=1S/C18H28N2O/c1-14(2)17-8-5-16(6-9-17)13-20-18(21)10-7-15-4-3-11-19-12-15/h5-6,8-9,14-15,19H,3-4,7,10-13H2,1-2H3,(H,20,21). The number of carbonyl (C=O) groups is 1. The SMILES string of the molecule is CC(C)c1ccc(CNC(=O)CCC2CCCNC2)cc1. The number of rotatable bonds is 6. The molecule has 1 unspecified atom stereocenters. The zero-order chi connectivity index (χ0) is 15.1. The molecule has 1 heterocycles. The predicted molar refractivity (Wildman–Crippen MR) is 87.2 cm³/mol. The molecule has 0 radical (unpaired) electrons. The number of piperidine rings is 1. The maximum atomic E-state index is 11.9. The number of nitrogens with one attached hydrogen (secondary N) is 2. The molecule has 0 bridgehead atoms. The van der Waals surface area contributed by atoms with Gasteiger partial charge in [-0.1, -0.05) is 38.1 Å². The van der Waals surface area contributed by atoms with Gasteiger partial charge in [0.05, 0.1) is 0 Å². The highest BCUT2D eigenvalue weighted by atomic mass is 16.1. The summed E-state index contributed by atoms with van der Waals surface area (Å²) >= 11 is 0. The van der Waals surface area contributed by atoms with E-state index >= 15 is 0 Å². The largest absolute Gasteiger partial charge is 0.352 e. The Morgan fingerprint density at radius 3 is 2.71 bits per heavy atom. The molecular weight excluding hydrogens is 260 g/mol. The van der Waals surface area contributed by atoms with Crippen LogP contribution in [0.2, 0.25) is 0 Å². The van der Waals surface area contributed by atoms with Crippen LogP contribution in [0.25, 0.3) is 0 Å². The van der Waals surface area contributed by atoms with Crippen molar-refractivity contribution in [2.45, 2.75) is 52.0 Å². The topological polar surface area (TPSA) is 41.1 Å². The van der Waals surface area contributed by atoms with Crippen molar-refractivity contribution in [1.82, 2.24) is 10.6 Å². The molecule has 3 nitrogen and oxygen atoms in total. The Kier molecular flexibility index (Phi) is 6.24. The molecule has 116 valence electrons. The summed E-state index contributed by atoms with van der Waals surface area (Å²) in [7, 11) is 0. The third kappa shape index (κ3) is 5.50. The summed E-state index contributed by atoms with van der Waals surface area (Å²) in [6, 6.07) is 8.53. The molecule has 3 heteroatoms. The Labute approximate surface area is 128 Å². The van der Waals surface area contributed by atoms with Gasteiger partial charge in [0.1, 0.15) is 0 Å². The lowest BCUT2D eigenvalue weighted by Gasteiger charge is -2.22. The second-order valence-electron chi connectivity index (χ2n) is 6.42. The first-order valence-corrected chi connectivity index (χ1v) is 8.21. The minimum atomic E-state index is 0.175. The Balaban J connectivity index is 1.68. The Hall–Kier alpha value is -1.35. The van der Waals surface area contributed by atoms with Gasteiger partial charge in [0.25, 0.3) is 0 Å². The molecule has 21 heavy (non-hydrogen) atoms. The van der Waals surface area contributed by atoms with Gasteiger partial charge in [-0.25, -0.2) is 0 Å². The van der Waals surface area contributed by atoms with Crippen molar-refractivity contribution in [3.63, 3.8) is 0 Å². The van der Waals surface area contributed by atoms with Crippen molar-refractivity contribution >= 4 is 5.91 Å². The highest BCUT2D eigenvalue weighted by molar-refractivity contribution is 5.75. The van der Waals surface area contributed by atoms with Crippen LogP contribution in [0.3, 0.4) is 0 Å². The molecule has 1 fully saturated rings. The molecule has 2 N–H and O–H groups in total. The maximum Gasteiger partial charge on any atom is 0.220 e. The van der Waals surface area contributed by atoms with Gasteiger partial charge in [0, 0.05) is 13.0 Å². The van der Waals surface area contributed by atoms with E-state index in [0.29, 0.717) is 24.8 Å². The Morgan fingerprint density at radius 1 is 1.33 bits per heavy atom. The second kappa shape index (κ2) is 8.18. The van der Waals surface area contributed by atoms with Gasteiger partial charge in [-0.15, -0.1) is 0 Å². The molecule has 2 rings (SSSR count). The van der Waals surface area contributed by atoms with E-state index in [2.05, 4.69) is 48.7 Å². The van der Waals surface area contributed by atoms with Crippen molar-refractivity contribution in [1.29, 1.82) is 0 Å². The normalized spacial score (nSPS) is 18.7. The fourth-order valence-electron chi connectivity index (χ4n) is 2.82. The fraction of sp³-hybridized carbons (Fsp3) is 0.611. The first-order chi connectivity index (χ1) is 10.1. The van der Waals surface area contributed by atoms with Gasteiger partial charge in [-0.2, -0.15) is 0 Å². The van der Waals surface area contributed by atoms with Crippen LogP contribution >= 0.6 is 0 Å². The molecule has 1 saturated heterocycles. The molecular formula is C18H28N2O. The summed E-state index contributed by atoms with van der Waals surface area (Å²) in [5.74, 6) is 1.40. The number of hydrogen-bond acceptors (Lipinski definition) is 2. The van der Waals surface area contributed by atoms with E-state index < -0.39 is 0 Å². The number of amides is 1. The van der Waals surface area contributed by atoms with E-state index in [4.69, 9.17) is 0 Å². The van der Waals surface area contributed by atoms with Gasteiger partial charge >= 0.3 is 0 Å². The lowest BCUT2D eigenvalue weighted by molar-refractivity contribution is -0.121. The first-order valence-electron chi connectivity index (χ1n) is 8.21. The van der Waals surface area contributed by atoms with Crippen LogP contribution in [0.5, 0.6) is 0 Å². The van der Waals surface area contributed by atoms with Crippen molar-refractivity contribution in [2.75, 3.05) is 13.1 Å². The summed E-state index contributed by atoms with van der Waals surface area (Å²) in [4.78, 5) is 11.9. The monoisotopic (exact) mass is 288 g/mol. The maximum absolute atomic E-state index is 11.9. The van der Waals surface area contributed by atoms with Crippen LogP contribution in [0, 0.1) is 5.92 Å². The van der Waals surface area contributed by atoms with E-state index in [1.807, 2.05) is 0 Å². The molecule has 0 aliphatic carbocycles. The van der Waals surface area contributed by atoms with Crippen LogP contribution < -0.4 is 10.6 Å². The molecule has 0 spiro atoms. The van der Waals surface area contributed by atoms with E-state index in [9.17, 15) is 4.79 Å². The quantitative estimate of drug-likeness (QED) is 0.844. The summed E-state index contributed by atoms with van der Waals surface area (Å²) < 4.78 is 0. The van der Waals surface area contributed by atoms with Crippen molar-refractivity contribution in [3.05, 3.63) is 35.4 Å². The van der Waals surface area contributed by atoms with E-state index in [1.54, 1.807) is 0 Å². The third-order valence-electron chi connectivity index (χ3n) is 4.31. The second-order valence-corrected chi connectivity index (χ2v) is 6.42. The van der Waals surface area contributed by atoms with E-state index in [0.717, 1.165) is 19.5 Å². The summed E-state index contributed by atoms with van der Waals surface area (Å²) in [5.41, 5.74) is 2.52.